The molecule has 2 N–H and O–H groups in total. The van der Waals surface area contributed by atoms with Crippen molar-refractivity contribution in [3.63, 3.8) is 0 Å². The number of fused-ring (bicyclic) bond motifs is 1. The van der Waals surface area contributed by atoms with E-state index in [1.54, 1.807) is 6.07 Å². The van der Waals surface area contributed by atoms with Gasteiger partial charge in [-0.2, -0.15) is 0 Å². The van der Waals surface area contributed by atoms with E-state index in [1.165, 1.54) is 0 Å². The van der Waals surface area contributed by atoms with Crippen molar-refractivity contribution < 1.29 is 14.7 Å². The SMILES string of the molecule is CC(CCCC(=O)O)NC(=O)c1ccc2ccccc2n1. The van der Waals surface area contributed by atoms with Crippen molar-refractivity contribution in [1.82, 2.24) is 10.3 Å². The van der Waals surface area contributed by atoms with Crippen LogP contribution in [-0.2, 0) is 4.79 Å². The number of pyridine rings is 1. The number of hydrogen-bond donors (Lipinski definition) is 2. The van der Waals surface area contributed by atoms with Crippen LogP contribution in [0.25, 0.3) is 10.9 Å². The average Bonchev–Trinajstić information content (AvgIpc) is 2.46. The lowest BCUT2D eigenvalue weighted by Gasteiger charge is -2.13. The minimum atomic E-state index is -0.815. The van der Waals surface area contributed by atoms with Crippen molar-refractivity contribution in [1.29, 1.82) is 0 Å². The molecule has 0 aliphatic heterocycles. The summed E-state index contributed by atoms with van der Waals surface area (Å²) in [6, 6.07) is 11.1. The first-order chi connectivity index (χ1) is 10.1. The van der Waals surface area contributed by atoms with E-state index in [9.17, 15) is 9.59 Å². The van der Waals surface area contributed by atoms with Crippen molar-refractivity contribution in [2.75, 3.05) is 0 Å². The van der Waals surface area contributed by atoms with Crippen molar-refractivity contribution in [2.45, 2.75) is 32.2 Å². The highest BCUT2D eigenvalue weighted by Crippen LogP contribution is 2.12. The van der Waals surface area contributed by atoms with E-state index in [1.807, 2.05) is 37.3 Å². The standard InChI is InChI=1S/C16H18N2O3/c1-11(5-4-8-15(19)20)17-16(21)14-10-9-12-6-2-3-7-13(12)18-14/h2-3,6-7,9-11H,4-5,8H2,1H3,(H,17,21)(H,19,20). The zero-order chi connectivity index (χ0) is 15.2. The number of nitrogens with zero attached hydrogens (tertiary/aromatic N) is 1. The smallest absolute Gasteiger partial charge is 0.303 e. The maximum Gasteiger partial charge on any atom is 0.303 e. The van der Waals surface area contributed by atoms with E-state index in [4.69, 9.17) is 5.11 Å². The summed E-state index contributed by atoms with van der Waals surface area (Å²) in [7, 11) is 0. The third-order valence-electron chi connectivity index (χ3n) is 3.24. The number of benzene rings is 1. The molecule has 1 aromatic heterocycles. The molecule has 1 atom stereocenters. The summed E-state index contributed by atoms with van der Waals surface area (Å²) in [5.41, 5.74) is 1.16. The highest BCUT2D eigenvalue weighted by atomic mass is 16.4. The molecule has 21 heavy (non-hydrogen) atoms. The van der Waals surface area contributed by atoms with E-state index < -0.39 is 5.97 Å². The fourth-order valence-corrected chi connectivity index (χ4v) is 2.12. The van der Waals surface area contributed by atoms with Gasteiger partial charge in [0, 0.05) is 17.8 Å². The van der Waals surface area contributed by atoms with Crippen molar-refractivity contribution in [3.05, 3.63) is 42.1 Å². The van der Waals surface area contributed by atoms with Gasteiger partial charge >= 0.3 is 5.97 Å². The van der Waals surface area contributed by atoms with Gasteiger partial charge in [-0.3, -0.25) is 9.59 Å². The second-order valence-electron chi connectivity index (χ2n) is 5.05. The molecule has 0 radical (unpaired) electrons. The van der Waals surface area contributed by atoms with Gasteiger partial charge in [-0.25, -0.2) is 4.98 Å². The Morgan fingerprint density at radius 2 is 2.00 bits per heavy atom. The molecule has 5 heteroatoms. The van der Waals surface area contributed by atoms with Crippen LogP contribution in [0.1, 0.15) is 36.7 Å². The average molecular weight is 286 g/mol. The summed E-state index contributed by atoms with van der Waals surface area (Å²) >= 11 is 0. The number of amides is 1. The number of para-hydroxylation sites is 1. The predicted octanol–water partition coefficient (Wildman–Crippen LogP) is 2.61. The van der Waals surface area contributed by atoms with Gasteiger partial charge in [-0.15, -0.1) is 0 Å². The van der Waals surface area contributed by atoms with E-state index in [-0.39, 0.29) is 18.4 Å². The maximum atomic E-state index is 12.1. The molecular weight excluding hydrogens is 268 g/mol. The predicted molar refractivity (Wildman–Crippen MR) is 80.2 cm³/mol. The number of carboxylic acid groups (broad SMARTS) is 1. The number of carbonyl (C=O) groups excluding carboxylic acids is 1. The number of rotatable bonds is 6. The molecular formula is C16H18N2O3. The van der Waals surface area contributed by atoms with Crippen molar-refractivity contribution >= 4 is 22.8 Å². The van der Waals surface area contributed by atoms with Gasteiger partial charge in [0.25, 0.3) is 5.91 Å². The zero-order valence-corrected chi connectivity index (χ0v) is 11.9. The largest absolute Gasteiger partial charge is 0.481 e. The Morgan fingerprint density at radius 3 is 2.76 bits per heavy atom. The molecule has 0 aliphatic carbocycles. The van der Waals surface area contributed by atoms with E-state index in [2.05, 4.69) is 10.3 Å². The molecule has 5 nitrogen and oxygen atoms in total. The Kier molecular flexibility index (Phi) is 4.87. The lowest BCUT2D eigenvalue weighted by atomic mass is 10.1. The summed E-state index contributed by atoms with van der Waals surface area (Å²) in [5, 5.41) is 12.4. The Bertz CT molecular complexity index is 655. The number of hydrogen-bond acceptors (Lipinski definition) is 3. The summed E-state index contributed by atoms with van der Waals surface area (Å²) in [6.45, 7) is 1.86. The van der Waals surface area contributed by atoms with Gasteiger partial charge < -0.3 is 10.4 Å². The first kappa shape index (κ1) is 15.0. The highest BCUT2D eigenvalue weighted by molar-refractivity contribution is 5.95. The monoisotopic (exact) mass is 286 g/mol. The van der Waals surface area contributed by atoms with E-state index in [0.717, 1.165) is 10.9 Å². The number of carbonyl (C=O) groups is 2. The summed E-state index contributed by atoms with van der Waals surface area (Å²) in [4.78, 5) is 26.9. The van der Waals surface area contributed by atoms with Crippen molar-refractivity contribution in [2.24, 2.45) is 0 Å². The Labute approximate surface area is 123 Å². The fraction of sp³-hybridized carbons (Fsp3) is 0.312. The first-order valence-corrected chi connectivity index (χ1v) is 6.94. The lowest BCUT2D eigenvalue weighted by molar-refractivity contribution is -0.137. The van der Waals surface area contributed by atoms with Crippen LogP contribution in [0.15, 0.2) is 36.4 Å². The highest BCUT2D eigenvalue weighted by Gasteiger charge is 2.12. The number of nitrogens with one attached hydrogen (secondary N) is 1. The van der Waals surface area contributed by atoms with Gasteiger partial charge in [0.15, 0.2) is 0 Å². The van der Waals surface area contributed by atoms with Gasteiger partial charge in [-0.05, 0) is 31.9 Å². The molecule has 0 bridgehead atoms. The lowest BCUT2D eigenvalue weighted by Crippen LogP contribution is -2.33. The quantitative estimate of drug-likeness (QED) is 0.855. The van der Waals surface area contributed by atoms with E-state index in [0.29, 0.717) is 18.5 Å². The van der Waals surface area contributed by atoms with E-state index >= 15 is 0 Å². The van der Waals surface area contributed by atoms with Gasteiger partial charge in [0.05, 0.1) is 5.52 Å². The Hall–Kier alpha value is -2.43. The fourth-order valence-electron chi connectivity index (χ4n) is 2.12. The Balaban J connectivity index is 1.96. The molecule has 1 amide bonds. The molecule has 2 aromatic rings. The molecule has 0 saturated heterocycles. The molecule has 0 saturated carbocycles. The third kappa shape index (κ3) is 4.27. The minimum absolute atomic E-state index is 0.0786. The van der Waals surface area contributed by atoms with Crippen LogP contribution >= 0.6 is 0 Å². The maximum absolute atomic E-state index is 12.1. The molecule has 0 fully saturated rings. The van der Waals surface area contributed by atoms with Crippen LogP contribution in [0.2, 0.25) is 0 Å². The minimum Gasteiger partial charge on any atom is -0.481 e. The number of aliphatic carboxylic acids is 1. The van der Waals surface area contributed by atoms with Crippen LogP contribution in [0.5, 0.6) is 0 Å². The van der Waals surface area contributed by atoms with Gasteiger partial charge in [0.1, 0.15) is 5.69 Å². The van der Waals surface area contributed by atoms with Crippen LogP contribution in [-0.4, -0.2) is 28.0 Å². The molecule has 0 aliphatic rings. The van der Waals surface area contributed by atoms with Gasteiger partial charge in [0.2, 0.25) is 0 Å². The second-order valence-corrected chi connectivity index (χ2v) is 5.05. The molecule has 110 valence electrons. The molecule has 1 aromatic carbocycles. The van der Waals surface area contributed by atoms with Crippen molar-refractivity contribution in [3.8, 4) is 0 Å². The normalized spacial score (nSPS) is 12.0. The number of carboxylic acids is 1. The second kappa shape index (κ2) is 6.83. The third-order valence-corrected chi connectivity index (χ3v) is 3.24. The molecule has 1 heterocycles. The summed E-state index contributed by atoms with van der Waals surface area (Å²) in [5.74, 6) is -1.05. The number of aromatic nitrogens is 1. The van der Waals surface area contributed by atoms with Crippen LogP contribution in [0, 0.1) is 0 Å². The first-order valence-electron chi connectivity index (χ1n) is 6.94. The summed E-state index contributed by atoms with van der Waals surface area (Å²) in [6.07, 6.45) is 1.29. The zero-order valence-electron chi connectivity index (χ0n) is 11.9. The van der Waals surface area contributed by atoms with Gasteiger partial charge in [-0.1, -0.05) is 24.3 Å². The molecule has 0 spiro atoms. The molecule has 1 unspecified atom stereocenters. The Morgan fingerprint density at radius 1 is 1.24 bits per heavy atom. The molecule has 2 rings (SSSR count). The van der Waals surface area contributed by atoms with Crippen LogP contribution in [0.4, 0.5) is 0 Å². The van der Waals surface area contributed by atoms with Crippen LogP contribution < -0.4 is 5.32 Å². The van der Waals surface area contributed by atoms with Crippen LogP contribution in [0.3, 0.4) is 0 Å². The topological polar surface area (TPSA) is 79.3 Å². The summed E-state index contributed by atoms with van der Waals surface area (Å²) < 4.78 is 0.